The van der Waals surface area contributed by atoms with Gasteiger partial charge < -0.3 is 10.2 Å². The molecule has 0 radical (unpaired) electrons. The van der Waals surface area contributed by atoms with Crippen molar-refractivity contribution in [2.24, 2.45) is 4.99 Å². The maximum atomic E-state index is 13.8. The predicted octanol–water partition coefficient (Wildman–Crippen LogP) is 3.83. The van der Waals surface area contributed by atoms with Gasteiger partial charge in [-0.3, -0.25) is 4.99 Å². The number of aliphatic imine (C=N–C) groups is 1. The van der Waals surface area contributed by atoms with Crippen molar-refractivity contribution in [2.45, 2.75) is 20.0 Å². The molecule has 1 N–H and O–H groups in total. The van der Waals surface area contributed by atoms with Crippen LogP contribution < -0.4 is 5.32 Å². The second kappa shape index (κ2) is 9.99. The van der Waals surface area contributed by atoms with Crippen LogP contribution >= 0.6 is 24.0 Å². The topological polar surface area (TPSA) is 51.4 Å². The lowest BCUT2D eigenvalue weighted by molar-refractivity contribution is 0.475. The fourth-order valence-electron chi connectivity index (χ4n) is 2.38. The van der Waals surface area contributed by atoms with E-state index in [4.69, 9.17) is 5.26 Å². The summed E-state index contributed by atoms with van der Waals surface area (Å²) in [6.07, 6.45) is 0. The Morgan fingerprint density at radius 2 is 1.92 bits per heavy atom. The minimum Gasteiger partial charge on any atom is -0.352 e. The van der Waals surface area contributed by atoms with Gasteiger partial charge in [0.05, 0.1) is 11.6 Å². The smallest absolute Gasteiger partial charge is 0.193 e. The lowest BCUT2D eigenvalue weighted by atomic mass is 10.1. The molecular weight excluding hydrogens is 430 g/mol. The fourth-order valence-corrected chi connectivity index (χ4v) is 2.38. The molecule has 2 aromatic carbocycles. The summed E-state index contributed by atoms with van der Waals surface area (Å²) in [5.41, 5.74) is 3.27. The van der Waals surface area contributed by atoms with Gasteiger partial charge in [0.2, 0.25) is 0 Å². The molecule has 0 saturated carbocycles. The molecule has 0 fully saturated rings. The molecule has 2 rings (SSSR count). The van der Waals surface area contributed by atoms with E-state index in [1.807, 2.05) is 18.0 Å². The van der Waals surface area contributed by atoms with Gasteiger partial charge in [0.15, 0.2) is 5.96 Å². The number of hydrogen-bond acceptors (Lipinski definition) is 2. The SMILES string of the molecule is CN=C(NCc1cc(C#N)ccc1F)N(C)Cc1ccc(C)cc1.I. The van der Waals surface area contributed by atoms with E-state index < -0.39 is 0 Å². The summed E-state index contributed by atoms with van der Waals surface area (Å²) < 4.78 is 13.8. The number of benzene rings is 2. The molecule has 0 saturated heterocycles. The second-order valence-electron chi connectivity index (χ2n) is 5.66. The van der Waals surface area contributed by atoms with Crippen LogP contribution in [0, 0.1) is 24.1 Å². The Bertz CT molecular complexity index is 766. The number of halogens is 2. The molecule has 0 unspecified atom stereocenters. The molecule has 4 nitrogen and oxygen atoms in total. The van der Waals surface area contributed by atoms with E-state index in [0.29, 0.717) is 23.6 Å². The Labute approximate surface area is 165 Å². The zero-order valence-electron chi connectivity index (χ0n) is 14.6. The van der Waals surface area contributed by atoms with Crippen LogP contribution in [0.25, 0.3) is 0 Å². The number of nitrogens with zero attached hydrogens (tertiary/aromatic N) is 3. The van der Waals surface area contributed by atoms with Gasteiger partial charge in [-0.15, -0.1) is 24.0 Å². The van der Waals surface area contributed by atoms with Crippen molar-refractivity contribution in [3.8, 4) is 6.07 Å². The number of hydrogen-bond donors (Lipinski definition) is 1. The molecule has 132 valence electrons. The highest BCUT2D eigenvalue weighted by Gasteiger charge is 2.09. The Hall–Kier alpha value is -2.14. The third-order valence-electron chi connectivity index (χ3n) is 3.73. The van der Waals surface area contributed by atoms with E-state index in [2.05, 4.69) is 41.5 Å². The van der Waals surface area contributed by atoms with Gasteiger partial charge in [0, 0.05) is 32.7 Å². The number of rotatable bonds is 4. The number of aryl methyl sites for hydroxylation is 1. The highest BCUT2D eigenvalue weighted by atomic mass is 127. The lowest BCUT2D eigenvalue weighted by Crippen LogP contribution is -2.38. The van der Waals surface area contributed by atoms with Crippen molar-refractivity contribution < 1.29 is 4.39 Å². The van der Waals surface area contributed by atoms with Crippen molar-refractivity contribution in [3.63, 3.8) is 0 Å². The molecule has 0 aliphatic rings. The summed E-state index contributed by atoms with van der Waals surface area (Å²) in [5, 5.41) is 12.1. The number of guanidine groups is 1. The maximum absolute atomic E-state index is 13.8. The summed E-state index contributed by atoms with van der Waals surface area (Å²) in [7, 11) is 3.62. The van der Waals surface area contributed by atoms with E-state index in [1.54, 1.807) is 13.1 Å². The molecule has 0 amide bonds. The molecule has 0 heterocycles. The largest absolute Gasteiger partial charge is 0.352 e. The van der Waals surface area contributed by atoms with E-state index in [0.717, 1.165) is 0 Å². The Balaban J connectivity index is 0.00000312. The minimum atomic E-state index is -0.335. The first-order valence-electron chi connectivity index (χ1n) is 7.69. The van der Waals surface area contributed by atoms with Crippen molar-refractivity contribution in [3.05, 3.63) is 70.5 Å². The number of nitrogens with one attached hydrogen (secondary N) is 1. The van der Waals surface area contributed by atoms with Gasteiger partial charge in [-0.2, -0.15) is 5.26 Å². The molecule has 0 aliphatic carbocycles. The van der Waals surface area contributed by atoms with E-state index in [-0.39, 0.29) is 36.3 Å². The Morgan fingerprint density at radius 3 is 2.52 bits per heavy atom. The van der Waals surface area contributed by atoms with Crippen LogP contribution in [-0.2, 0) is 13.1 Å². The van der Waals surface area contributed by atoms with Crippen LogP contribution in [0.5, 0.6) is 0 Å². The fraction of sp³-hybridized carbons (Fsp3) is 0.263. The standard InChI is InChI=1S/C19H21FN4.HI/c1-14-4-6-15(7-5-14)13-24(3)19(22-2)23-12-17-10-16(11-21)8-9-18(17)20;/h4-10H,12-13H2,1-3H3,(H,22,23);1H. The summed E-state index contributed by atoms with van der Waals surface area (Å²) in [5.74, 6) is 0.329. The van der Waals surface area contributed by atoms with Gasteiger partial charge in [-0.25, -0.2) is 4.39 Å². The van der Waals surface area contributed by atoms with Crippen molar-refractivity contribution in [2.75, 3.05) is 14.1 Å². The van der Waals surface area contributed by atoms with Crippen molar-refractivity contribution in [1.82, 2.24) is 10.2 Å². The van der Waals surface area contributed by atoms with Gasteiger partial charge in [0.25, 0.3) is 0 Å². The highest BCUT2D eigenvalue weighted by molar-refractivity contribution is 14.0. The molecular formula is C19H22FIN4. The second-order valence-corrected chi connectivity index (χ2v) is 5.66. The maximum Gasteiger partial charge on any atom is 0.193 e. The van der Waals surface area contributed by atoms with Crippen molar-refractivity contribution >= 4 is 29.9 Å². The zero-order chi connectivity index (χ0) is 17.5. The molecule has 0 aromatic heterocycles. The van der Waals surface area contributed by atoms with E-state index in [9.17, 15) is 4.39 Å². The van der Waals surface area contributed by atoms with Crippen LogP contribution in [0.4, 0.5) is 4.39 Å². The molecule has 0 bridgehead atoms. The molecule has 25 heavy (non-hydrogen) atoms. The third-order valence-corrected chi connectivity index (χ3v) is 3.73. The van der Waals surface area contributed by atoms with Crippen LogP contribution in [0.2, 0.25) is 0 Å². The minimum absolute atomic E-state index is 0. The molecule has 0 spiro atoms. The van der Waals surface area contributed by atoms with Crippen LogP contribution in [-0.4, -0.2) is 25.0 Å². The highest BCUT2D eigenvalue weighted by Crippen LogP contribution is 2.10. The van der Waals surface area contributed by atoms with Gasteiger partial charge in [0.1, 0.15) is 5.82 Å². The van der Waals surface area contributed by atoms with Crippen LogP contribution in [0.15, 0.2) is 47.5 Å². The third kappa shape index (κ3) is 6.02. The van der Waals surface area contributed by atoms with Gasteiger partial charge in [-0.1, -0.05) is 29.8 Å². The predicted molar refractivity (Wildman–Crippen MR) is 109 cm³/mol. The van der Waals surface area contributed by atoms with E-state index >= 15 is 0 Å². The average molecular weight is 452 g/mol. The van der Waals surface area contributed by atoms with Crippen molar-refractivity contribution in [1.29, 1.82) is 5.26 Å². The summed E-state index contributed by atoms with van der Waals surface area (Å²) in [6, 6.07) is 14.7. The zero-order valence-corrected chi connectivity index (χ0v) is 16.9. The Kier molecular flexibility index (Phi) is 8.35. The summed E-state index contributed by atoms with van der Waals surface area (Å²) >= 11 is 0. The Morgan fingerprint density at radius 1 is 1.24 bits per heavy atom. The number of nitriles is 1. The molecule has 0 atom stereocenters. The molecule has 6 heteroatoms. The van der Waals surface area contributed by atoms with Crippen LogP contribution in [0.1, 0.15) is 22.3 Å². The van der Waals surface area contributed by atoms with Gasteiger partial charge in [-0.05, 0) is 30.7 Å². The first-order chi connectivity index (χ1) is 11.5. The monoisotopic (exact) mass is 452 g/mol. The quantitative estimate of drug-likeness (QED) is 0.436. The first kappa shape index (κ1) is 20.9. The van der Waals surface area contributed by atoms with E-state index in [1.165, 1.54) is 23.3 Å². The van der Waals surface area contributed by atoms with Crippen LogP contribution in [0.3, 0.4) is 0 Å². The summed E-state index contributed by atoms with van der Waals surface area (Å²) in [4.78, 5) is 6.20. The van der Waals surface area contributed by atoms with Gasteiger partial charge >= 0.3 is 0 Å². The molecule has 0 aliphatic heterocycles. The average Bonchev–Trinajstić information content (AvgIpc) is 2.59. The summed E-state index contributed by atoms with van der Waals surface area (Å²) in [6.45, 7) is 3.02. The lowest BCUT2D eigenvalue weighted by Gasteiger charge is -2.22. The normalized spacial score (nSPS) is 10.6. The first-order valence-corrected chi connectivity index (χ1v) is 7.69. The molecule has 2 aromatic rings.